The van der Waals surface area contributed by atoms with Crippen LogP contribution in [0.4, 0.5) is 0 Å². The van der Waals surface area contributed by atoms with Crippen LogP contribution in [0.2, 0.25) is 0 Å². The molecule has 0 radical (unpaired) electrons. The zero-order chi connectivity index (χ0) is 23.9. The van der Waals surface area contributed by atoms with Gasteiger partial charge in [-0.15, -0.1) is 0 Å². The van der Waals surface area contributed by atoms with E-state index in [4.69, 9.17) is 0 Å². The van der Waals surface area contributed by atoms with Crippen molar-refractivity contribution >= 4 is 11.8 Å². The van der Waals surface area contributed by atoms with Gasteiger partial charge in [0.2, 0.25) is 0 Å². The zero-order valence-electron chi connectivity index (χ0n) is 23.6. The van der Waals surface area contributed by atoms with Crippen LogP contribution in [-0.4, -0.2) is 11.5 Å². The lowest BCUT2D eigenvalue weighted by Gasteiger charge is -2.04. The standard InChI is InChI=1S/C32H66S/c1-3-5-7-8-9-10-11-12-13-14-15-16-17-18-19-20-21-22-23-24-25-26-27-28-29-30-32-33-31-6-4-2/h3-32H2,1-2H3. The fraction of sp³-hybridized carbons (Fsp3) is 1.00. The molecule has 0 atom stereocenters. The first-order valence-electron chi connectivity index (χ1n) is 16.0. The Morgan fingerprint density at radius 2 is 0.455 bits per heavy atom. The number of unbranched alkanes of at least 4 members (excludes halogenated alkanes) is 26. The van der Waals surface area contributed by atoms with Gasteiger partial charge in [0.05, 0.1) is 0 Å². The van der Waals surface area contributed by atoms with Crippen LogP contribution in [-0.2, 0) is 0 Å². The Kier molecular flexibility index (Phi) is 32.7. The van der Waals surface area contributed by atoms with Crippen molar-refractivity contribution < 1.29 is 0 Å². The summed E-state index contributed by atoms with van der Waals surface area (Å²) in [7, 11) is 0. The van der Waals surface area contributed by atoms with E-state index in [2.05, 4.69) is 25.6 Å². The largest absolute Gasteiger partial charge is 0.162 e. The molecule has 0 aromatic carbocycles. The predicted molar refractivity (Wildman–Crippen MR) is 158 cm³/mol. The Morgan fingerprint density at radius 1 is 0.242 bits per heavy atom. The number of hydrogen-bond acceptors (Lipinski definition) is 1. The molecular formula is C32H66S. The smallest absolute Gasteiger partial charge is 0.00675 e. The highest BCUT2D eigenvalue weighted by atomic mass is 32.2. The van der Waals surface area contributed by atoms with Crippen molar-refractivity contribution in [3.05, 3.63) is 0 Å². The van der Waals surface area contributed by atoms with Crippen LogP contribution < -0.4 is 0 Å². The maximum absolute atomic E-state index is 2.31. The predicted octanol–water partition coefficient (Wildman–Crippen LogP) is 12.7. The van der Waals surface area contributed by atoms with Gasteiger partial charge in [0.15, 0.2) is 0 Å². The SMILES string of the molecule is CCCCCCCCCCCCCCCCCCCCCCCCCCCCSCCCC. The van der Waals surface area contributed by atoms with Crippen molar-refractivity contribution in [2.24, 2.45) is 0 Å². The Hall–Kier alpha value is 0.350. The van der Waals surface area contributed by atoms with E-state index in [-0.39, 0.29) is 0 Å². The van der Waals surface area contributed by atoms with E-state index in [1.54, 1.807) is 0 Å². The Balaban J connectivity index is 2.99. The zero-order valence-corrected chi connectivity index (χ0v) is 24.4. The normalized spacial score (nSPS) is 11.5. The minimum atomic E-state index is 1.35. The fourth-order valence-corrected chi connectivity index (χ4v) is 5.97. The van der Waals surface area contributed by atoms with Crippen LogP contribution in [0.5, 0.6) is 0 Å². The molecular weight excluding hydrogens is 416 g/mol. The highest BCUT2D eigenvalue weighted by molar-refractivity contribution is 7.99. The molecule has 0 spiro atoms. The van der Waals surface area contributed by atoms with Gasteiger partial charge in [0.25, 0.3) is 0 Å². The summed E-state index contributed by atoms with van der Waals surface area (Å²) in [6.45, 7) is 4.60. The summed E-state index contributed by atoms with van der Waals surface area (Å²) < 4.78 is 0. The molecule has 0 unspecified atom stereocenters. The molecule has 0 fully saturated rings. The van der Waals surface area contributed by atoms with Gasteiger partial charge >= 0.3 is 0 Å². The van der Waals surface area contributed by atoms with E-state index in [0.29, 0.717) is 0 Å². The molecule has 0 bridgehead atoms. The monoisotopic (exact) mass is 482 g/mol. The van der Waals surface area contributed by atoms with Crippen LogP contribution >= 0.6 is 11.8 Å². The lowest BCUT2D eigenvalue weighted by Crippen LogP contribution is -1.86. The van der Waals surface area contributed by atoms with Gasteiger partial charge < -0.3 is 0 Å². The maximum atomic E-state index is 2.31. The summed E-state index contributed by atoms with van der Waals surface area (Å²) in [6.07, 6.45) is 41.3. The third kappa shape index (κ3) is 32.4. The second-order valence-electron chi connectivity index (χ2n) is 10.8. The van der Waals surface area contributed by atoms with E-state index in [1.165, 1.54) is 191 Å². The molecule has 0 aliphatic carbocycles. The molecule has 0 aliphatic heterocycles. The van der Waals surface area contributed by atoms with Crippen LogP contribution in [0.25, 0.3) is 0 Å². The van der Waals surface area contributed by atoms with Gasteiger partial charge in [-0.2, -0.15) is 11.8 Å². The number of thioether (sulfide) groups is 1. The summed E-state index contributed by atoms with van der Waals surface area (Å²) in [4.78, 5) is 0. The second-order valence-corrected chi connectivity index (χ2v) is 12.0. The third-order valence-electron chi connectivity index (χ3n) is 7.28. The van der Waals surface area contributed by atoms with Crippen molar-refractivity contribution in [3.63, 3.8) is 0 Å². The molecule has 0 rings (SSSR count). The molecule has 0 N–H and O–H groups in total. The molecule has 0 aromatic rings. The summed E-state index contributed by atoms with van der Waals surface area (Å²) >= 11 is 2.17. The van der Waals surface area contributed by atoms with Crippen LogP contribution in [0, 0.1) is 0 Å². The average molecular weight is 483 g/mol. The van der Waals surface area contributed by atoms with Crippen molar-refractivity contribution in [1.29, 1.82) is 0 Å². The number of hydrogen-bond donors (Lipinski definition) is 0. The molecule has 200 valence electrons. The molecule has 0 amide bonds. The van der Waals surface area contributed by atoms with E-state index >= 15 is 0 Å². The molecule has 0 saturated carbocycles. The Morgan fingerprint density at radius 3 is 0.727 bits per heavy atom. The number of rotatable bonds is 30. The average Bonchev–Trinajstić information content (AvgIpc) is 2.83. The summed E-state index contributed by atoms with van der Waals surface area (Å²) in [5.74, 6) is 2.79. The van der Waals surface area contributed by atoms with E-state index in [1.807, 2.05) is 0 Å². The van der Waals surface area contributed by atoms with Crippen molar-refractivity contribution in [2.75, 3.05) is 11.5 Å². The van der Waals surface area contributed by atoms with Crippen LogP contribution in [0.15, 0.2) is 0 Å². The van der Waals surface area contributed by atoms with Crippen LogP contribution in [0.3, 0.4) is 0 Å². The van der Waals surface area contributed by atoms with Gasteiger partial charge in [-0.25, -0.2) is 0 Å². The van der Waals surface area contributed by atoms with Gasteiger partial charge in [-0.1, -0.05) is 181 Å². The first-order chi connectivity index (χ1) is 16.4. The quantitative estimate of drug-likeness (QED) is 0.0917. The molecule has 1 heteroatoms. The minimum Gasteiger partial charge on any atom is -0.162 e. The molecule has 33 heavy (non-hydrogen) atoms. The first kappa shape index (κ1) is 33.4. The van der Waals surface area contributed by atoms with Crippen molar-refractivity contribution in [3.8, 4) is 0 Å². The second kappa shape index (κ2) is 32.4. The highest BCUT2D eigenvalue weighted by Crippen LogP contribution is 2.16. The first-order valence-corrected chi connectivity index (χ1v) is 17.1. The van der Waals surface area contributed by atoms with Crippen LogP contribution in [0.1, 0.15) is 194 Å². The van der Waals surface area contributed by atoms with Gasteiger partial charge in [-0.05, 0) is 24.3 Å². The molecule has 0 aliphatic rings. The fourth-order valence-electron chi connectivity index (χ4n) is 4.87. The third-order valence-corrected chi connectivity index (χ3v) is 8.44. The lowest BCUT2D eigenvalue weighted by molar-refractivity contribution is 0.516. The topological polar surface area (TPSA) is 0 Å². The summed E-state index contributed by atoms with van der Waals surface area (Å²) in [5, 5.41) is 0. The molecule has 0 heterocycles. The van der Waals surface area contributed by atoms with Gasteiger partial charge in [-0.3, -0.25) is 0 Å². The molecule has 0 nitrogen and oxygen atoms in total. The Labute approximate surface area is 216 Å². The van der Waals surface area contributed by atoms with Crippen molar-refractivity contribution in [1.82, 2.24) is 0 Å². The molecule has 0 aromatic heterocycles. The molecule has 0 saturated heterocycles. The summed E-state index contributed by atoms with van der Waals surface area (Å²) in [6, 6.07) is 0. The minimum absolute atomic E-state index is 1.35. The van der Waals surface area contributed by atoms with E-state index in [9.17, 15) is 0 Å². The van der Waals surface area contributed by atoms with E-state index < -0.39 is 0 Å². The van der Waals surface area contributed by atoms with E-state index in [0.717, 1.165) is 0 Å². The van der Waals surface area contributed by atoms with Gasteiger partial charge in [0.1, 0.15) is 0 Å². The Bertz CT molecular complexity index is 284. The van der Waals surface area contributed by atoms with Crippen molar-refractivity contribution in [2.45, 2.75) is 194 Å². The highest BCUT2D eigenvalue weighted by Gasteiger charge is 1.96. The summed E-state index contributed by atoms with van der Waals surface area (Å²) in [5.41, 5.74) is 0. The van der Waals surface area contributed by atoms with Gasteiger partial charge in [0, 0.05) is 0 Å². The maximum Gasteiger partial charge on any atom is -0.00675 e. The lowest BCUT2D eigenvalue weighted by atomic mass is 10.0.